The van der Waals surface area contributed by atoms with Crippen LogP contribution in [0.5, 0.6) is 5.75 Å². The van der Waals surface area contributed by atoms with Gasteiger partial charge in [-0.05, 0) is 25.0 Å². The van der Waals surface area contributed by atoms with E-state index in [0.717, 1.165) is 4.47 Å². The van der Waals surface area contributed by atoms with Gasteiger partial charge < -0.3 is 9.94 Å². The van der Waals surface area contributed by atoms with Crippen molar-refractivity contribution in [2.45, 2.75) is 19.4 Å². The van der Waals surface area contributed by atoms with Gasteiger partial charge in [-0.15, -0.1) is 4.47 Å². The van der Waals surface area contributed by atoms with Crippen LogP contribution in [0.3, 0.4) is 0 Å². The predicted molar refractivity (Wildman–Crippen MR) is 66.1 cm³/mol. The van der Waals surface area contributed by atoms with E-state index in [-0.39, 0.29) is 6.54 Å². The molecule has 1 aromatic rings. The molecule has 1 N–H and O–H groups in total. The van der Waals surface area contributed by atoms with Gasteiger partial charge in [-0.25, -0.2) is 9.97 Å². The highest BCUT2D eigenvalue weighted by Crippen LogP contribution is 2.30. The molecule has 0 amide bonds. The zero-order chi connectivity index (χ0) is 12.3. The Morgan fingerprint density at radius 3 is 3.00 bits per heavy atom. The largest absolute Gasteiger partial charge is 0.488 e. The lowest BCUT2D eigenvalue weighted by molar-refractivity contribution is 0.00721. The van der Waals surface area contributed by atoms with Gasteiger partial charge in [-0.3, -0.25) is 0 Å². The molecule has 17 heavy (non-hydrogen) atoms. The van der Waals surface area contributed by atoms with Crippen molar-refractivity contribution in [2.24, 2.45) is 5.92 Å². The second-order valence-corrected chi connectivity index (χ2v) is 5.03. The lowest BCUT2D eigenvalue weighted by Crippen LogP contribution is -2.12. The summed E-state index contributed by atoms with van der Waals surface area (Å²) in [7, 11) is 0. The van der Waals surface area contributed by atoms with E-state index in [1.54, 1.807) is 12.5 Å². The van der Waals surface area contributed by atoms with Crippen molar-refractivity contribution in [1.29, 1.82) is 0 Å². The molecular weight excluding hydrogens is 262 g/mol. The van der Waals surface area contributed by atoms with Gasteiger partial charge in [-0.2, -0.15) is 0 Å². The van der Waals surface area contributed by atoms with Gasteiger partial charge in [0, 0.05) is 0 Å². The lowest BCUT2D eigenvalue weighted by atomic mass is 10.4. The zero-order valence-corrected chi connectivity index (χ0v) is 11.0. The Bertz CT molecular complexity index is 390. The number of nitrogens with zero attached hydrogens (tertiary/aromatic N) is 3. The maximum absolute atomic E-state index is 9.30. The third-order valence-electron chi connectivity index (χ3n) is 2.42. The second kappa shape index (κ2) is 5.86. The number of halogens is 1. The highest BCUT2D eigenvalue weighted by atomic mass is 35.5. The molecule has 94 valence electrons. The fourth-order valence-electron chi connectivity index (χ4n) is 1.23. The first-order valence-electron chi connectivity index (χ1n) is 5.33. The number of hydrogen-bond acceptors (Lipinski definition) is 6. The first-order chi connectivity index (χ1) is 8.19. The summed E-state index contributed by atoms with van der Waals surface area (Å²) in [6.07, 6.45) is 5.77. The van der Waals surface area contributed by atoms with Crippen LogP contribution < -0.4 is 4.74 Å². The molecule has 7 heteroatoms. The first kappa shape index (κ1) is 12.9. The quantitative estimate of drug-likeness (QED) is 0.489. The molecular formula is C10H14ClN3O2S. The van der Waals surface area contributed by atoms with Crippen LogP contribution in [0.15, 0.2) is 6.20 Å². The summed E-state index contributed by atoms with van der Waals surface area (Å²) in [5.41, 5.74) is 0. The van der Waals surface area contributed by atoms with Gasteiger partial charge in [0.05, 0.1) is 19.3 Å². The molecule has 1 aliphatic rings. The fourth-order valence-corrected chi connectivity index (χ4v) is 1.68. The SMILES string of the molecule is CSN(O)Cc1ncc(OCC2CC2)c(Cl)n1. The molecule has 0 aliphatic heterocycles. The maximum atomic E-state index is 9.30. The van der Waals surface area contributed by atoms with E-state index >= 15 is 0 Å². The molecule has 1 heterocycles. The number of hydrogen-bond donors (Lipinski definition) is 1. The van der Waals surface area contributed by atoms with Gasteiger partial charge in [0.15, 0.2) is 10.9 Å². The van der Waals surface area contributed by atoms with Crippen LogP contribution in [-0.2, 0) is 6.54 Å². The van der Waals surface area contributed by atoms with Crippen molar-refractivity contribution < 1.29 is 9.94 Å². The lowest BCUT2D eigenvalue weighted by Gasteiger charge is -2.11. The minimum atomic E-state index is 0.226. The van der Waals surface area contributed by atoms with Gasteiger partial charge in [-0.1, -0.05) is 23.5 Å². The van der Waals surface area contributed by atoms with E-state index in [4.69, 9.17) is 16.3 Å². The van der Waals surface area contributed by atoms with Crippen molar-refractivity contribution in [1.82, 2.24) is 14.4 Å². The first-order valence-corrected chi connectivity index (χ1v) is 6.89. The van der Waals surface area contributed by atoms with Crippen LogP contribution >= 0.6 is 23.5 Å². The molecule has 1 aromatic heterocycles. The van der Waals surface area contributed by atoms with Crippen molar-refractivity contribution in [3.63, 3.8) is 0 Å². The molecule has 1 fully saturated rings. The van der Waals surface area contributed by atoms with Crippen LogP contribution in [0.4, 0.5) is 0 Å². The molecule has 0 atom stereocenters. The third-order valence-corrected chi connectivity index (χ3v) is 3.24. The average Bonchev–Trinajstić information content (AvgIpc) is 3.12. The van der Waals surface area contributed by atoms with Crippen LogP contribution in [-0.4, -0.2) is 32.5 Å². The minimum Gasteiger partial charge on any atom is -0.488 e. The summed E-state index contributed by atoms with van der Waals surface area (Å²) in [4.78, 5) is 8.16. The molecule has 0 unspecified atom stereocenters. The minimum absolute atomic E-state index is 0.226. The number of aromatic nitrogens is 2. The monoisotopic (exact) mass is 275 g/mol. The molecule has 0 radical (unpaired) electrons. The molecule has 0 saturated heterocycles. The van der Waals surface area contributed by atoms with E-state index in [0.29, 0.717) is 29.3 Å². The second-order valence-electron chi connectivity index (χ2n) is 3.89. The van der Waals surface area contributed by atoms with E-state index in [2.05, 4.69) is 9.97 Å². The molecule has 2 rings (SSSR count). The Morgan fingerprint density at radius 1 is 1.65 bits per heavy atom. The predicted octanol–water partition coefficient (Wildman–Crippen LogP) is 2.39. The summed E-state index contributed by atoms with van der Waals surface area (Å²) in [6, 6.07) is 0. The summed E-state index contributed by atoms with van der Waals surface area (Å²) >= 11 is 7.16. The van der Waals surface area contributed by atoms with Crippen LogP contribution in [0.2, 0.25) is 5.15 Å². The Kier molecular flexibility index (Phi) is 4.44. The third kappa shape index (κ3) is 3.99. The van der Waals surface area contributed by atoms with Crippen LogP contribution in [0.1, 0.15) is 18.7 Å². The van der Waals surface area contributed by atoms with Crippen molar-refractivity contribution in [3.8, 4) is 5.75 Å². The van der Waals surface area contributed by atoms with Crippen LogP contribution in [0.25, 0.3) is 0 Å². The normalized spacial score (nSPS) is 15.3. The topological polar surface area (TPSA) is 58.5 Å². The number of hydroxylamine groups is 1. The summed E-state index contributed by atoms with van der Waals surface area (Å²) in [5.74, 6) is 1.64. The van der Waals surface area contributed by atoms with Crippen molar-refractivity contribution in [2.75, 3.05) is 12.9 Å². The summed E-state index contributed by atoms with van der Waals surface area (Å²) in [6.45, 7) is 0.906. The zero-order valence-electron chi connectivity index (χ0n) is 9.47. The Balaban J connectivity index is 1.94. The fraction of sp³-hybridized carbons (Fsp3) is 0.600. The number of rotatable bonds is 6. The molecule has 0 aromatic carbocycles. The Morgan fingerprint density at radius 2 is 2.41 bits per heavy atom. The average molecular weight is 276 g/mol. The highest BCUT2D eigenvalue weighted by Gasteiger charge is 2.22. The summed E-state index contributed by atoms with van der Waals surface area (Å²) in [5, 5.41) is 9.59. The standard InChI is InChI=1S/C10H14ClN3O2S/c1-17-14(15)5-9-12-4-8(10(11)13-9)16-6-7-2-3-7/h4,7,15H,2-3,5-6H2,1H3. The smallest absolute Gasteiger partial charge is 0.174 e. The van der Waals surface area contributed by atoms with Gasteiger partial charge in [0.2, 0.25) is 0 Å². The van der Waals surface area contributed by atoms with E-state index in [1.165, 1.54) is 24.8 Å². The van der Waals surface area contributed by atoms with Crippen molar-refractivity contribution >= 4 is 23.5 Å². The van der Waals surface area contributed by atoms with Crippen LogP contribution in [0, 0.1) is 5.92 Å². The Hall–Kier alpha value is -0.560. The van der Waals surface area contributed by atoms with E-state index in [9.17, 15) is 5.21 Å². The van der Waals surface area contributed by atoms with Gasteiger partial charge in [0.25, 0.3) is 0 Å². The molecule has 1 saturated carbocycles. The molecule has 5 nitrogen and oxygen atoms in total. The van der Waals surface area contributed by atoms with E-state index in [1.807, 2.05) is 0 Å². The molecule has 0 spiro atoms. The molecule has 1 aliphatic carbocycles. The van der Waals surface area contributed by atoms with Crippen molar-refractivity contribution in [3.05, 3.63) is 17.2 Å². The van der Waals surface area contributed by atoms with Gasteiger partial charge >= 0.3 is 0 Å². The molecule has 0 bridgehead atoms. The highest BCUT2D eigenvalue weighted by molar-refractivity contribution is 7.96. The number of ether oxygens (including phenoxy) is 1. The maximum Gasteiger partial charge on any atom is 0.174 e. The van der Waals surface area contributed by atoms with E-state index < -0.39 is 0 Å². The Labute approximate surface area is 109 Å². The van der Waals surface area contributed by atoms with Gasteiger partial charge in [0.1, 0.15) is 5.82 Å². The summed E-state index contributed by atoms with van der Waals surface area (Å²) < 4.78 is 6.55.